The number of ether oxygens (including phenoxy) is 1. The van der Waals surface area contributed by atoms with Gasteiger partial charge in [-0.1, -0.05) is 0 Å². The van der Waals surface area contributed by atoms with E-state index in [-0.39, 0.29) is 17.7 Å². The van der Waals surface area contributed by atoms with Crippen molar-refractivity contribution in [3.05, 3.63) is 42.2 Å². The number of fused-ring (bicyclic) bond motifs is 1. The number of amides is 1. The third-order valence-electron chi connectivity index (χ3n) is 4.28. The molecule has 124 valence electrons. The van der Waals surface area contributed by atoms with E-state index in [1.165, 1.54) is 18.5 Å². The van der Waals surface area contributed by atoms with Crippen LogP contribution >= 0.6 is 0 Å². The van der Waals surface area contributed by atoms with Gasteiger partial charge in [0.25, 0.3) is 5.91 Å². The maximum absolute atomic E-state index is 14.2. The molecule has 1 amide bonds. The van der Waals surface area contributed by atoms with Gasteiger partial charge in [-0.25, -0.2) is 9.37 Å². The van der Waals surface area contributed by atoms with Crippen LogP contribution in [-0.2, 0) is 0 Å². The predicted octanol–water partition coefficient (Wildman–Crippen LogP) is 2.16. The van der Waals surface area contributed by atoms with E-state index in [0.29, 0.717) is 16.8 Å². The number of halogens is 1. The summed E-state index contributed by atoms with van der Waals surface area (Å²) in [5, 5.41) is 9.40. The van der Waals surface area contributed by atoms with Gasteiger partial charge in [-0.15, -0.1) is 0 Å². The zero-order valence-corrected chi connectivity index (χ0v) is 12.8. The molecule has 8 heteroatoms. The molecule has 3 N–H and O–H groups in total. The molecule has 2 atom stereocenters. The van der Waals surface area contributed by atoms with Crippen molar-refractivity contribution in [2.45, 2.75) is 31.4 Å². The summed E-state index contributed by atoms with van der Waals surface area (Å²) < 4.78 is 20.0. The first-order valence-electron chi connectivity index (χ1n) is 7.79. The summed E-state index contributed by atoms with van der Waals surface area (Å²) in [5.74, 6) is -0.398. The average molecular weight is 329 g/mol. The molecular weight excluding hydrogens is 313 g/mol. The second-order valence-electron chi connectivity index (χ2n) is 5.85. The highest BCUT2D eigenvalue weighted by Gasteiger charge is 2.31. The molecule has 1 aliphatic rings. The summed E-state index contributed by atoms with van der Waals surface area (Å²) >= 11 is 0. The van der Waals surface area contributed by atoms with Crippen molar-refractivity contribution in [3.8, 4) is 5.75 Å². The van der Waals surface area contributed by atoms with Gasteiger partial charge in [0.15, 0.2) is 5.75 Å². The molecule has 24 heavy (non-hydrogen) atoms. The van der Waals surface area contributed by atoms with E-state index in [2.05, 4.69) is 25.5 Å². The van der Waals surface area contributed by atoms with E-state index in [4.69, 9.17) is 4.74 Å². The van der Waals surface area contributed by atoms with Crippen LogP contribution in [0.25, 0.3) is 11.0 Å². The van der Waals surface area contributed by atoms with Crippen LogP contribution in [0, 0.1) is 5.82 Å². The molecule has 1 aromatic carbocycles. The number of carbonyl (C=O) groups excluding carboxylic acids is 1. The van der Waals surface area contributed by atoms with Crippen LogP contribution in [0.2, 0.25) is 0 Å². The number of aromatic nitrogens is 4. The van der Waals surface area contributed by atoms with E-state index < -0.39 is 11.7 Å². The van der Waals surface area contributed by atoms with E-state index in [0.717, 1.165) is 19.3 Å². The topological polar surface area (TPSA) is 95.7 Å². The molecule has 1 fully saturated rings. The zero-order chi connectivity index (χ0) is 16.5. The Labute approximate surface area is 136 Å². The molecule has 7 nitrogen and oxygen atoms in total. The molecule has 1 saturated carbocycles. The molecule has 0 spiro atoms. The van der Waals surface area contributed by atoms with Crippen molar-refractivity contribution < 1.29 is 13.9 Å². The number of imidazole rings is 1. The number of hydrogen-bond acceptors (Lipinski definition) is 4. The lowest BCUT2D eigenvalue weighted by molar-refractivity contribution is 0.0890. The summed E-state index contributed by atoms with van der Waals surface area (Å²) in [6, 6.07) is 2.57. The van der Waals surface area contributed by atoms with Crippen molar-refractivity contribution >= 4 is 16.9 Å². The SMILES string of the molecule is O=C(N[C@H]1CCC[C@H]1Oc1cn[nH]c1)c1cc2nc[nH]c2cc1F. The number of rotatable bonds is 4. The van der Waals surface area contributed by atoms with Crippen molar-refractivity contribution in [1.29, 1.82) is 0 Å². The van der Waals surface area contributed by atoms with Gasteiger partial charge < -0.3 is 15.0 Å². The molecule has 4 rings (SSSR count). The smallest absolute Gasteiger partial charge is 0.254 e. The van der Waals surface area contributed by atoms with Gasteiger partial charge in [0.05, 0.1) is 41.4 Å². The highest BCUT2D eigenvalue weighted by molar-refractivity contribution is 5.97. The molecular formula is C16H16FN5O2. The minimum Gasteiger partial charge on any atom is -0.485 e. The normalized spacial score (nSPS) is 20.4. The highest BCUT2D eigenvalue weighted by Crippen LogP contribution is 2.25. The molecule has 0 radical (unpaired) electrons. The van der Waals surface area contributed by atoms with E-state index >= 15 is 0 Å². The van der Waals surface area contributed by atoms with Crippen molar-refractivity contribution in [2.75, 3.05) is 0 Å². The number of benzene rings is 1. The largest absolute Gasteiger partial charge is 0.485 e. The molecule has 0 bridgehead atoms. The van der Waals surface area contributed by atoms with Crippen LogP contribution < -0.4 is 10.1 Å². The van der Waals surface area contributed by atoms with Gasteiger partial charge >= 0.3 is 0 Å². The monoisotopic (exact) mass is 329 g/mol. The number of H-pyrrole nitrogens is 2. The fraction of sp³-hybridized carbons (Fsp3) is 0.312. The minimum absolute atomic E-state index is 0.0106. The first-order valence-corrected chi connectivity index (χ1v) is 7.79. The predicted molar refractivity (Wildman–Crippen MR) is 84.2 cm³/mol. The Morgan fingerprint density at radius 2 is 2.29 bits per heavy atom. The summed E-state index contributed by atoms with van der Waals surface area (Å²) in [6.45, 7) is 0. The maximum Gasteiger partial charge on any atom is 0.254 e. The number of nitrogens with one attached hydrogen (secondary N) is 3. The Morgan fingerprint density at radius 3 is 3.12 bits per heavy atom. The number of carbonyl (C=O) groups is 1. The van der Waals surface area contributed by atoms with Crippen LogP contribution in [0.15, 0.2) is 30.9 Å². The third-order valence-corrected chi connectivity index (χ3v) is 4.28. The quantitative estimate of drug-likeness (QED) is 0.683. The lowest BCUT2D eigenvalue weighted by Crippen LogP contribution is -2.42. The van der Waals surface area contributed by atoms with E-state index in [9.17, 15) is 9.18 Å². The number of aromatic amines is 2. The third kappa shape index (κ3) is 2.70. The first kappa shape index (κ1) is 14.7. The van der Waals surface area contributed by atoms with Crippen LogP contribution in [0.1, 0.15) is 29.6 Å². The zero-order valence-electron chi connectivity index (χ0n) is 12.8. The van der Waals surface area contributed by atoms with Gasteiger partial charge in [-0.05, 0) is 25.3 Å². The van der Waals surface area contributed by atoms with Crippen molar-refractivity contribution in [3.63, 3.8) is 0 Å². The number of hydrogen-bond donors (Lipinski definition) is 3. The highest BCUT2D eigenvalue weighted by atomic mass is 19.1. The van der Waals surface area contributed by atoms with Gasteiger partial charge in [0, 0.05) is 6.07 Å². The number of nitrogens with zero attached hydrogens (tertiary/aromatic N) is 2. The second kappa shape index (κ2) is 5.95. The Kier molecular flexibility index (Phi) is 3.64. The molecule has 2 heterocycles. The average Bonchev–Trinajstić information content (AvgIpc) is 3.29. The van der Waals surface area contributed by atoms with Crippen LogP contribution in [0.3, 0.4) is 0 Å². The molecule has 0 saturated heterocycles. The van der Waals surface area contributed by atoms with Crippen LogP contribution in [0.4, 0.5) is 4.39 Å². The Balaban J connectivity index is 1.50. The first-order chi connectivity index (χ1) is 11.7. The molecule has 1 aliphatic carbocycles. The summed E-state index contributed by atoms with van der Waals surface area (Å²) in [7, 11) is 0. The second-order valence-corrected chi connectivity index (χ2v) is 5.85. The van der Waals surface area contributed by atoms with E-state index in [1.54, 1.807) is 12.4 Å². The van der Waals surface area contributed by atoms with Crippen molar-refractivity contribution in [1.82, 2.24) is 25.5 Å². The lowest BCUT2D eigenvalue weighted by Gasteiger charge is -2.21. The maximum atomic E-state index is 14.2. The standard InChI is InChI=1S/C16H16FN5O2/c17-11-5-14-13(18-8-19-14)4-10(11)16(23)22-12-2-1-3-15(12)24-9-6-20-21-7-9/h4-8,12,15H,1-3H2,(H,18,19)(H,20,21)(H,22,23)/t12-,15+/m0/s1. The van der Waals surface area contributed by atoms with E-state index in [1.807, 2.05) is 0 Å². The molecule has 0 unspecified atom stereocenters. The molecule has 2 aromatic heterocycles. The van der Waals surface area contributed by atoms with Gasteiger partial charge in [0.1, 0.15) is 11.9 Å². The van der Waals surface area contributed by atoms with Crippen LogP contribution in [-0.4, -0.2) is 38.2 Å². The van der Waals surface area contributed by atoms with Gasteiger partial charge in [-0.3, -0.25) is 9.89 Å². The van der Waals surface area contributed by atoms with Crippen LogP contribution in [0.5, 0.6) is 5.75 Å². The lowest BCUT2D eigenvalue weighted by atomic mass is 10.1. The summed E-state index contributed by atoms with van der Waals surface area (Å²) in [4.78, 5) is 19.4. The van der Waals surface area contributed by atoms with Crippen molar-refractivity contribution in [2.24, 2.45) is 0 Å². The van der Waals surface area contributed by atoms with Gasteiger partial charge in [0.2, 0.25) is 0 Å². The van der Waals surface area contributed by atoms with Gasteiger partial charge in [-0.2, -0.15) is 5.10 Å². The Morgan fingerprint density at radius 1 is 1.38 bits per heavy atom. The molecule has 0 aliphatic heterocycles. The Bertz CT molecular complexity index is 861. The fourth-order valence-electron chi connectivity index (χ4n) is 3.09. The Hall–Kier alpha value is -2.90. The minimum atomic E-state index is -0.574. The summed E-state index contributed by atoms with van der Waals surface area (Å²) in [6.07, 6.45) is 7.12. The fourth-order valence-corrected chi connectivity index (χ4v) is 3.09. The summed E-state index contributed by atoms with van der Waals surface area (Å²) in [5.41, 5.74) is 1.11. The molecule has 3 aromatic rings.